The molecule has 192 valence electrons. The lowest BCUT2D eigenvalue weighted by Crippen LogP contribution is -2.56. The summed E-state index contributed by atoms with van der Waals surface area (Å²) < 4.78 is 66.1. The van der Waals surface area contributed by atoms with Crippen LogP contribution in [0.1, 0.15) is 19.5 Å². The summed E-state index contributed by atoms with van der Waals surface area (Å²) in [5.41, 5.74) is 1.93. The van der Waals surface area contributed by atoms with Crippen LogP contribution in [0.25, 0.3) is 21.6 Å². The number of hydrogen-bond donors (Lipinski definition) is 2. The predicted octanol–water partition coefficient (Wildman–Crippen LogP) is 6.64. The van der Waals surface area contributed by atoms with Crippen molar-refractivity contribution in [1.29, 1.82) is 0 Å². The summed E-state index contributed by atoms with van der Waals surface area (Å²) in [6.45, 7) is 2.40. The average Bonchev–Trinajstić information content (AvgIpc) is 3.29. The molecule has 0 spiro atoms. The van der Waals surface area contributed by atoms with Gasteiger partial charge in [-0.15, -0.1) is 11.3 Å². The van der Waals surface area contributed by atoms with Gasteiger partial charge in [-0.3, -0.25) is 15.2 Å². The SMILES string of the molecule is CCN(NC(=O)C(F)(F)F)C(=O)NC(C)(I)c1ncc(-c2cc(Cl)cc(F)c2-c2cccs2)cc1F. The Balaban J connectivity index is 1.91. The summed E-state index contributed by atoms with van der Waals surface area (Å²) in [7, 11) is 0. The van der Waals surface area contributed by atoms with E-state index >= 15 is 4.39 Å². The number of rotatable bonds is 5. The Bertz CT molecular complexity index is 1290. The van der Waals surface area contributed by atoms with Crippen LogP contribution >= 0.6 is 45.5 Å². The Hall–Kier alpha value is -2.52. The Morgan fingerprint density at radius 3 is 2.44 bits per heavy atom. The quantitative estimate of drug-likeness (QED) is 0.106. The van der Waals surface area contributed by atoms with Gasteiger partial charge in [0.25, 0.3) is 0 Å². The van der Waals surface area contributed by atoms with E-state index < -0.39 is 33.3 Å². The van der Waals surface area contributed by atoms with Gasteiger partial charge in [-0.25, -0.2) is 18.6 Å². The number of aromatic nitrogens is 1. The number of nitrogens with zero attached hydrogens (tertiary/aromatic N) is 2. The number of benzene rings is 1. The fraction of sp³-hybridized carbons (Fsp3) is 0.227. The van der Waals surface area contributed by atoms with Crippen molar-refractivity contribution in [3.05, 3.63) is 64.3 Å². The number of hydrogen-bond acceptors (Lipinski definition) is 4. The maximum Gasteiger partial charge on any atom is 0.472 e. The van der Waals surface area contributed by atoms with Gasteiger partial charge in [0.2, 0.25) is 0 Å². The first kappa shape index (κ1) is 28.1. The molecule has 0 saturated carbocycles. The Labute approximate surface area is 225 Å². The van der Waals surface area contributed by atoms with Crippen molar-refractivity contribution in [1.82, 2.24) is 20.7 Å². The molecule has 36 heavy (non-hydrogen) atoms. The van der Waals surface area contributed by atoms with Crippen molar-refractivity contribution < 1.29 is 31.5 Å². The Morgan fingerprint density at radius 2 is 1.89 bits per heavy atom. The standard InChI is InChI=1S/C22H17ClF5IN4O2S/c1-3-33(32-19(34)22(26,27)28)20(35)31-21(2,29)18-15(25)7-11(10-30-18)13-8-12(23)9-14(24)17(13)16-5-4-6-36-16/h4-10H,3H2,1-2H3,(H,31,35)(H,32,34). The number of thiophene rings is 1. The van der Waals surface area contributed by atoms with Gasteiger partial charge in [-0.05, 0) is 71.6 Å². The van der Waals surface area contributed by atoms with Crippen LogP contribution in [-0.4, -0.2) is 34.7 Å². The topological polar surface area (TPSA) is 74.3 Å². The van der Waals surface area contributed by atoms with Gasteiger partial charge in [-0.1, -0.05) is 17.7 Å². The summed E-state index contributed by atoms with van der Waals surface area (Å²) in [6.07, 6.45) is -3.93. The molecule has 3 rings (SSSR count). The first-order valence-electron chi connectivity index (χ1n) is 10.1. The van der Waals surface area contributed by atoms with Crippen molar-refractivity contribution in [2.45, 2.75) is 23.6 Å². The molecule has 0 bridgehead atoms. The molecule has 0 fully saturated rings. The number of carbonyl (C=O) groups excluding carboxylic acids is 2. The van der Waals surface area contributed by atoms with Crippen LogP contribution in [0.15, 0.2) is 41.9 Å². The number of halogens is 7. The summed E-state index contributed by atoms with van der Waals surface area (Å²) in [6, 6.07) is 6.04. The molecule has 0 radical (unpaired) electrons. The molecule has 2 N–H and O–H groups in total. The zero-order valence-corrected chi connectivity index (χ0v) is 22.2. The fourth-order valence-electron chi connectivity index (χ4n) is 3.19. The third-order valence-electron chi connectivity index (χ3n) is 4.82. The number of amides is 3. The maximum absolute atomic E-state index is 15.2. The van der Waals surface area contributed by atoms with Gasteiger partial charge in [0, 0.05) is 33.8 Å². The summed E-state index contributed by atoms with van der Waals surface area (Å²) >= 11 is 8.98. The van der Waals surface area contributed by atoms with Crippen molar-refractivity contribution in [2.75, 3.05) is 6.54 Å². The molecule has 2 heterocycles. The largest absolute Gasteiger partial charge is 0.472 e. The lowest BCUT2D eigenvalue weighted by atomic mass is 9.98. The molecule has 3 amide bonds. The van der Waals surface area contributed by atoms with Crippen LogP contribution in [0.3, 0.4) is 0 Å². The number of carbonyl (C=O) groups is 2. The zero-order chi connectivity index (χ0) is 26.8. The van der Waals surface area contributed by atoms with Crippen LogP contribution in [0.2, 0.25) is 5.02 Å². The first-order chi connectivity index (χ1) is 16.7. The van der Waals surface area contributed by atoms with Gasteiger partial charge in [-0.2, -0.15) is 13.2 Å². The third kappa shape index (κ3) is 6.24. The van der Waals surface area contributed by atoms with Gasteiger partial charge in [0.05, 0.1) is 0 Å². The van der Waals surface area contributed by atoms with Crippen LogP contribution < -0.4 is 10.7 Å². The van der Waals surface area contributed by atoms with E-state index in [2.05, 4.69) is 10.3 Å². The number of nitrogens with one attached hydrogen (secondary N) is 2. The molecule has 2 aromatic heterocycles. The van der Waals surface area contributed by atoms with Crippen LogP contribution in [0.4, 0.5) is 26.7 Å². The minimum absolute atomic E-state index is 0.0962. The lowest BCUT2D eigenvalue weighted by molar-refractivity contribution is -0.177. The summed E-state index contributed by atoms with van der Waals surface area (Å²) in [5, 5.41) is 4.60. The monoisotopic (exact) mass is 658 g/mol. The molecule has 0 aliphatic rings. The molecule has 14 heteroatoms. The number of alkyl halides is 4. The first-order valence-corrected chi connectivity index (χ1v) is 12.4. The van der Waals surface area contributed by atoms with Gasteiger partial charge >= 0.3 is 18.1 Å². The van der Waals surface area contributed by atoms with Crippen molar-refractivity contribution in [2.24, 2.45) is 0 Å². The number of pyridine rings is 1. The van der Waals surface area contributed by atoms with Crippen molar-refractivity contribution >= 4 is 57.5 Å². The van der Waals surface area contributed by atoms with E-state index in [4.69, 9.17) is 11.6 Å². The highest BCUT2D eigenvalue weighted by molar-refractivity contribution is 14.1. The van der Waals surface area contributed by atoms with E-state index in [1.807, 2.05) is 0 Å². The molecule has 1 unspecified atom stereocenters. The highest BCUT2D eigenvalue weighted by Gasteiger charge is 2.41. The Morgan fingerprint density at radius 1 is 1.19 bits per heavy atom. The molecule has 1 aromatic carbocycles. The maximum atomic E-state index is 15.2. The second kappa shape index (κ2) is 10.8. The number of hydrazine groups is 1. The average molecular weight is 659 g/mol. The van der Waals surface area contributed by atoms with E-state index in [1.54, 1.807) is 40.1 Å². The molecule has 0 aliphatic heterocycles. The number of urea groups is 1. The second-order valence-electron chi connectivity index (χ2n) is 7.46. The third-order valence-corrected chi connectivity index (χ3v) is 6.70. The van der Waals surface area contributed by atoms with E-state index in [9.17, 15) is 27.2 Å². The molecule has 0 aliphatic carbocycles. The van der Waals surface area contributed by atoms with Crippen molar-refractivity contribution in [3.63, 3.8) is 0 Å². The van der Waals surface area contributed by atoms with E-state index in [-0.39, 0.29) is 28.4 Å². The van der Waals surface area contributed by atoms with E-state index in [0.717, 1.165) is 12.1 Å². The molecular formula is C22H17ClF5IN4O2S. The summed E-state index contributed by atoms with van der Waals surface area (Å²) in [4.78, 5) is 28.4. The molecule has 0 saturated heterocycles. The molecule has 3 aromatic rings. The van der Waals surface area contributed by atoms with Crippen LogP contribution in [0, 0.1) is 11.6 Å². The van der Waals surface area contributed by atoms with E-state index in [0.29, 0.717) is 15.4 Å². The highest BCUT2D eigenvalue weighted by atomic mass is 127. The van der Waals surface area contributed by atoms with Crippen LogP contribution in [-0.2, 0) is 8.34 Å². The smallest absolute Gasteiger partial charge is 0.317 e. The summed E-state index contributed by atoms with van der Waals surface area (Å²) in [5.74, 6) is -3.81. The minimum atomic E-state index is -5.20. The van der Waals surface area contributed by atoms with Gasteiger partial charge < -0.3 is 5.32 Å². The highest BCUT2D eigenvalue weighted by Crippen LogP contribution is 2.39. The van der Waals surface area contributed by atoms with Crippen LogP contribution in [0.5, 0.6) is 0 Å². The van der Waals surface area contributed by atoms with Gasteiger partial charge in [0.15, 0.2) is 0 Å². The molecule has 1 atom stereocenters. The molecule has 6 nitrogen and oxygen atoms in total. The Kier molecular flexibility index (Phi) is 8.45. The fourth-order valence-corrected chi connectivity index (χ4v) is 4.81. The predicted molar refractivity (Wildman–Crippen MR) is 134 cm³/mol. The molecular weight excluding hydrogens is 642 g/mol. The zero-order valence-electron chi connectivity index (χ0n) is 18.5. The lowest BCUT2D eigenvalue weighted by Gasteiger charge is -2.29. The van der Waals surface area contributed by atoms with E-state index in [1.165, 1.54) is 42.9 Å². The van der Waals surface area contributed by atoms with Crippen molar-refractivity contribution in [3.8, 4) is 21.6 Å². The minimum Gasteiger partial charge on any atom is -0.317 e. The second-order valence-corrected chi connectivity index (χ2v) is 11.0. The van der Waals surface area contributed by atoms with Gasteiger partial charge in [0.1, 0.15) is 20.9 Å². The normalized spacial score (nSPS) is 13.1.